The Morgan fingerprint density at radius 3 is 2.67 bits per heavy atom. The fourth-order valence-electron chi connectivity index (χ4n) is 1.30. The van der Waals surface area contributed by atoms with Gasteiger partial charge in [0.1, 0.15) is 0 Å². The van der Waals surface area contributed by atoms with E-state index in [9.17, 15) is 9.59 Å². The van der Waals surface area contributed by atoms with Crippen LogP contribution < -0.4 is 0 Å². The molecule has 0 saturated carbocycles. The van der Waals surface area contributed by atoms with Gasteiger partial charge in [0, 0.05) is 11.9 Å². The summed E-state index contributed by atoms with van der Waals surface area (Å²) in [5.74, 6) is -1.38. The van der Waals surface area contributed by atoms with E-state index in [0.29, 0.717) is 11.4 Å². The molecule has 18 heavy (non-hydrogen) atoms. The zero-order valence-corrected chi connectivity index (χ0v) is 10.9. The van der Waals surface area contributed by atoms with E-state index >= 15 is 0 Å². The van der Waals surface area contributed by atoms with Gasteiger partial charge in [0.05, 0.1) is 7.11 Å². The molecule has 1 aromatic carbocycles. The van der Waals surface area contributed by atoms with Crippen molar-refractivity contribution in [2.45, 2.75) is 13.3 Å². The van der Waals surface area contributed by atoms with E-state index in [1.165, 1.54) is 20.1 Å². The van der Waals surface area contributed by atoms with Gasteiger partial charge in [-0.15, -0.1) is 0 Å². The first kappa shape index (κ1) is 14.3. The second-order valence-corrected chi connectivity index (χ2v) is 3.92. The lowest BCUT2D eigenvalue weighted by Gasteiger charge is -2.05. The zero-order valence-electron chi connectivity index (χ0n) is 10.1. The lowest BCUT2D eigenvalue weighted by atomic mass is 10.1. The normalized spacial score (nSPS) is 10.9. The molecule has 0 amide bonds. The molecule has 96 valence electrons. The SMILES string of the molecule is COC(=O)C(=CCc1cccc(Cl)c1)OC(C)=O. The molecule has 0 spiro atoms. The van der Waals surface area contributed by atoms with Crippen molar-refractivity contribution in [2.75, 3.05) is 7.11 Å². The van der Waals surface area contributed by atoms with Gasteiger partial charge in [-0.3, -0.25) is 4.79 Å². The molecule has 0 radical (unpaired) electrons. The van der Waals surface area contributed by atoms with E-state index in [0.717, 1.165) is 5.56 Å². The fraction of sp³-hybridized carbons (Fsp3) is 0.231. The summed E-state index contributed by atoms with van der Waals surface area (Å²) >= 11 is 5.84. The maximum absolute atomic E-state index is 11.3. The molecule has 0 N–H and O–H groups in total. The van der Waals surface area contributed by atoms with Crippen LogP contribution >= 0.6 is 11.6 Å². The van der Waals surface area contributed by atoms with Crippen molar-refractivity contribution in [1.82, 2.24) is 0 Å². The third-order valence-corrected chi connectivity index (χ3v) is 2.29. The second-order valence-electron chi connectivity index (χ2n) is 3.49. The van der Waals surface area contributed by atoms with Gasteiger partial charge in [0.15, 0.2) is 0 Å². The number of methoxy groups -OCH3 is 1. The van der Waals surface area contributed by atoms with Gasteiger partial charge in [-0.25, -0.2) is 4.79 Å². The summed E-state index contributed by atoms with van der Waals surface area (Å²) in [5, 5.41) is 0.605. The predicted molar refractivity (Wildman–Crippen MR) is 67.0 cm³/mol. The number of hydrogen-bond acceptors (Lipinski definition) is 4. The summed E-state index contributed by atoms with van der Waals surface area (Å²) in [4.78, 5) is 22.2. The Balaban J connectivity index is 2.82. The van der Waals surface area contributed by atoms with E-state index < -0.39 is 11.9 Å². The molecule has 0 saturated heterocycles. The standard InChI is InChI=1S/C13H13ClO4/c1-9(15)18-12(13(16)17-2)7-6-10-4-3-5-11(14)8-10/h3-5,7-8H,6H2,1-2H3. The number of ether oxygens (including phenoxy) is 2. The Morgan fingerprint density at radius 2 is 2.11 bits per heavy atom. The molecule has 0 aliphatic rings. The third-order valence-electron chi connectivity index (χ3n) is 2.05. The third kappa shape index (κ3) is 4.59. The van der Waals surface area contributed by atoms with Gasteiger partial charge >= 0.3 is 11.9 Å². The number of rotatable bonds is 4. The molecule has 1 aromatic rings. The lowest BCUT2D eigenvalue weighted by Crippen LogP contribution is -2.11. The van der Waals surface area contributed by atoms with Crippen LogP contribution in [0.4, 0.5) is 0 Å². The quantitative estimate of drug-likeness (QED) is 0.478. The average molecular weight is 269 g/mol. The van der Waals surface area contributed by atoms with Crippen LogP contribution in [-0.4, -0.2) is 19.0 Å². The first-order chi connectivity index (χ1) is 8.52. The summed E-state index contributed by atoms with van der Waals surface area (Å²) in [5.41, 5.74) is 0.899. The van der Waals surface area contributed by atoms with Crippen molar-refractivity contribution in [3.05, 3.63) is 46.7 Å². The van der Waals surface area contributed by atoms with Crippen molar-refractivity contribution in [2.24, 2.45) is 0 Å². The molecule has 1 rings (SSSR count). The molecule has 0 bridgehead atoms. The van der Waals surface area contributed by atoms with E-state index in [1.54, 1.807) is 18.2 Å². The highest BCUT2D eigenvalue weighted by Crippen LogP contribution is 2.12. The highest BCUT2D eigenvalue weighted by molar-refractivity contribution is 6.30. The summed E-state index contributed by atoms with van der Waals surface area (Å²) in [6, 6.07) is 7.17. The van der Waals surface area contributed by atoms with Gasteiger partial charge < -0.3 is 9.47 Å². The van der Waals surface area contributed by atoms with Crippen LogP contribution in [0, 0.1) is 0 Å². The van der Waals surface area contributed by atoms with Crippen molar-refractivity contribution < 1.29 is 19.1 Å². The first-order valence-corrected chi connectivity index (χ1v) is 5.62. The molecule has 0 atom stereocenters. The highest BCUT2D eigenvalue weighted by Gasteiger charge is 2.13. The molecule has 0 fully saturated rings. The predicted octanol–water partition coefficient (Wildman–Crippen LogP) is 2.50. The molecule has 5 heteroatoms. The van der Waals surface area contributed by atoms with Crippen molar-refractivity contribution >= 4 is 23.5 Å². The number of benzene rings is 1. The summed E-state index contributed by atoms with van der Waals surface area (Å²) in [6.45, 7) is 1.22. The van der Waals surface area contributed by atoms with E-state index in [1.807, 2.05) is 6.07 Å². The van der Waals surface area contributed by atoms with Crippen LogP contribution in [-0.2, 0) is 25.5 Å². The van der Waals surface area contributed by atoms with Gasteiger partial charge in [-0.2, -0.15) is 0 Å². The molecule has 0 aliphatic carbocycles. The Morgan fingerprint density at radius 1 is 1.39 bits per heavy atom. The summed E-state index contributed by atoms with van der Waals surface area (Å²) in [6.07, 6.45) is 1.90. The maximum Gasteiger partial charge on any atom is 0.373 e. The minimum absolute atomic E-state index is 0.120. The van der Waals surface area contributed by atoms with E-state index in [4.69, 9.17) is 16.3 Å². The van der Waals surface area contributed by atoms with Crippen LogP contribution in [0.15, 0.2) is 36.1 Å². The smallest absolute Gasteiger partial charge is 0.373 e. The fourth-order valence-corrected chi connectivity index (χ4v) is 1.51. The topological polar surface area (TPSA) is 52.6 Å². The zero-order chi connectivity index (χ0) is 13.5. The molecule has 0 aliphatic heterocycles. The van der Waals surface area contributed by atoms with Crippen molar-refractivity contribution in [3.63, 3.8) is 0 Å². The number of halogens is 1. The Bertz CT molecular complexity index is 480. The number of hydrogen-bond donors (Lipinski definition) is 0. The van der Waals surface area contributed by atoms with Crippen molar-refractivity contribution in [1.29, 1.82) is 0 Å². The molecule has 4 nitrogen and oxygen atoms in total. The minimum Gasteiger partial charge on any atom is -0.463 e. The van der Waals surface area contributed by atoms with Gasteiger partial charge in [0.25, 0.3) is 0 Å². The first-order valence-electron chi connectivity index (χ1n) is 5.24. The largest absolute Gasteiger partial charge is 0.463 e. The number of allylic oxidation sites excluding steroid dienone is 1. The monoisotopic (exact) mass is 268 g/mol. The second kappa shape index (κ2) is 6.81. The number of carbonyl (C=O) groups excluding carboxylic acids is 2. The van der Waals surface area contributed by atoms with Gasteiger partial charge in [-0.1, -0.05) is 23.7 Å². The molecular weight excluding hydrogens is 256 g/mol. The highest BCUT2D eigenvalue weighted by atomic mass is 35.5. The number of esters is 2. The Labute approximate surface area is 110 Å². The minimum atomic E-state index is -0.688. The van der Waals surface area contributed by atoms with Crippen LogP contribution in [0.5, 0.6) is 0 Å². The summed E-state index contributed by atoms with van der Waals surface area (Å²) < 4.78 is 9.28. The molecular formula is C13H13ClO4. The van der Waals surface area contributed by atoms with E-state index in [-0.39, 0.29) is 5.76 Å². The van der Waals surface area contributed by atoms with Crippen LogP contribution in [0.1, 0.15) is 12.5 Å². The van der Waals surface area contributed by atoms with Crippen LogP contribution in [0.2, 0.25) is 5.02 Å². The Hall–Kier alpha value is -1.81. The molecule has 0 aromatic heterocycles. The summed E-state index contributed by atoms with van der Waals surface area (Å²) in [7, 11) is 1.22. The Kier molecular flexibility index (Phi) is 5.39. The van der Waals surface area contributed by atoms with Gasteiger partial charge in [0.2, 0.25) is 5.76 Å². The maximum atomic E-state index is 11.3. The van der Waals surface area contributed by atoms with Crippen LogP contribution in [0.25, 0.3) is 0 Å². The molecule has 0 heterocycles. The van der Waals surface area contributed by atoms with E-state index in [2.05, 4.69) is 4.74 Å². The van der Waals surface area contributed by atoms with Gasteiger partial charge in [-0.05, 0) is 30.2 Å². The number of carbonyl (C=O) groups is 2. The lowest BCUT2D eigenvalue weighted by molar-refractivity contribution is -0.148. The average Bonchev–Trinajstić information content (AvgIpc) is 2.33. The van der Waals surface area contributed by atoms with Crippen molar-refractivity contribution in [3.8, 4) is 0 Å². The van der Waals surface area contributed by atoms with Crippen LogP contribution in [0.3, 0.4) is 0 Å². The molecule has 0 unspecified atom stereocenters.